The van der Waals surface area contributed by atoms with Crippen molar-refractivity contribution in [2.24, 2.45) is 11.5 Å². The molecule has 6 heteroatoms. The molecule has 98 valence electrons. The Morgan fingerprint density at radius 3 is 2.71 bits per heavy atom. The predicted octanol–water partition coefficient (Wildman–Crippen LogP) is -1.79. The lowest BCUT2D eigenvalue weighted by molar-refractivity contribution is -0.119. The summed E-state index contributed by atoms with van der Waals surface area (Å²) in [5, 5.41) is 0. The predicted molar refractivity (Wildman–Crippen MR) is 64.4 cm³/mol. The summed E-state index contributed by atoms with van der Waals surface area (Å²) in [5.41, 5.74) is 10.8. The van der Waals surface area contributed by atoms with Crippen molar-refractivity contribution in [2.75, 3.05) is 45.9 Å². The van der Waals surface area contributed by atoms with E-state index in [0.717, 1.165) is 45.8 Å². The molecule has 0 aromatic rings. The molecular weight excluding hydrogens is 220 g/mol. The number of nitrogens with two attached hydrogens (primary N) is 2. The molecule has 0 bridgehead atoms. The molecule has 4 N–H and O–H groups in total. The fourth-order valence-electron chi connectivity index (χ4n) is 2.59. The van der Waals surface area contributed by atoms with Gasteiger partial charge < -0.3 is 16.2 Å². The molecule has 2 aliphatic heterocycles. The van der Waals surface area contributed by atoms with Crippen molar-refractivity contribution in [3.63, 3.8) is 0 Å². The zero-order valence-corrected chi connectivity index (χ0v) is 10.2. The minimum absolute atomic E-state index is 0.417. The van der Waals surface area contributed by atoms with Gasteiger partial charge >= 0.3 is 0 Å². The number of amides is 1. The van der Waals surface area contributed by atoms with Crippen LogP contribution in [-0.4, -0.2) is 73.7 Å². The number of nitrogens with zero attached hydrogens (tertiary/aromatic N) is 2. The molecule has 17 heavy (non-hydrogen) atoms. The molecule has 2 rings (SSSR count). The lowest BCUT2D eigenvalue weighted by Crippen LogP contribution is -2.47. The van der Waals surface area contributed by atoms with Gasteiger partial charge in [0.25, 0.3) is 0 Å². The molecule has 0 aromatic carbocycles. The topological polar surface area (TPSA) is 84.8 Å². The summed E-state index contributed by atoms with van der Waals surface area (Å²) in [6, 6.07) is 0.0393. The van der Waals surface area contributed by atoms with Crippen LogP contribution in [0.25, 0.3) is 0 Å². The van der Waals surface area contributed by atoms with Crippen LogP contribution >= 0.6 is 0 Å². The Balaban J connectivity index is 1.76. The smallest absolute Gasteiger partial charge is 0.235 e. The van der Waals surface area contributed by atoms with Crippen LogP contribution in [0.4, 0.5) is 0 Å². The number of likely N-dealkylation sites (tertiary alicyclic amines) is 1. The van der Waals surface area contributed by atoms with Crippen molar-refractivity contribution < 1.29 is 9.53 Å². The van der Waals surface area contributed by atoms with E-state index in [1.165, 1.54) is 0 Å². The van der Waals surface area contributed by atoms with Crippen LogP contribution in [-0.2, 0) is 9.53 Å². The summed E-state index contributed by atoms with van der Waals surface area (Å²) < 4.78 is 5.35. The first-order chi connectivity index (χ1) is 8.16. The fourth-order valence-corrected chi connectivity index (χ4v) is 2.59. The van der Waals surface area contributed by atoms with Gasteiger partial charge in [-0.2, -0.15) is 0 Å². The second-order valence-electron chi connectivity index (χ2n) is 4.86. The third-order valence-corrected chi connectivity index (χ3v) is 3.63. The number of carbonyl (C=O) groups excluding carboxylic acids is 1. The summed E-state index contributed by atoms with van der Waals surface area (Å²) >= 11 is 0. The number of primary amides is 1. The van der Waals surface area contributed by atoms with Gasteiger partial charge in [-0.25, -0.2) is 0 Å². The molecule has 2 heterocycles. The molecule has 2 unspecified atom stereocenters. The Hall–Kier alpha value is -0.690. The van der Waals surface area contributed by atoms with Gasteiger partial charge in [-0.3, -0.25) is 14.6 Å². The van der Waals surface area contributed by atoms with Crippen molar-refractivity contribution in [3.8, 4) is 0 Å². The van der Waals surface area contributed by atoms with Crippen molar-refractivity contribution in [3.05, 3.63) is 0 Å². The van der Waals surface area contributed by atoms with Gasteiger partial charge in [0.1, 0.15) is 0 Å². The molecular formula is C11H22N4O2. The summed E-state index contributed by atoms with van der Waals surface area (Å²) in [6.45, 7) is 6.26. The highest BCUT2D eigenvalue weighted by Crippen LogP contribution is 2.16. The largest absolute Gasteiger partial charge is 0.379 e. The molecule has 2 saturated heterocycles. The fraction of sp³-hybridized carbons (Fsp3) is 0.909. The highest BCUT2D eigenvalue weighted by Gasteiger charge is 2.29. The molecule has 2 aliphatic rings. The van der Waals surface area contributed by atoms with Gasteiger partial charge in [0.15, 0.2) is 0 Å². The molecule has 0 spiro atoms. The average molecular weight is 242 g/mol. The quantitative estimate of drug-likeness (QED) is 0.608. The number of hydrogen-bond donors (Lipinski definition) is 2. The van der Waals surface area contributed by atoms with Crippen LogP contribution in [0.3, 0.4) is 0 Å². The van der Waals surface area contributed by atoms with E-state index in [0.29, 0.717) is 12.6 Å². The van der Waals surface area contributed by atoms with Gasteiger partial charge in [0.2, 0.25) is 5.91 Å². The molecule has 2 atom stereocenters. The SMILES string of the molecule is NC(=O)C(N)CN1CCC(N2CCOCC2)C1. The Morgan fingerprint density at radius 1 is 1.35 bits per heavy atom. The van der Waals surface area contributed by atoms with E-state index < -0.39 is 11.9 Å². The molecule has 0 saturated carbocycles. The average Bonchev–Trinajstić information content (AvgIpc) is 2.78. The van der Waals surface area contributed by atoms with E-state index in [4.69, 9.17) is 16.2 Å². The summed E-state index contributed by atoms with van der Waals surface area (Å²) in [7, 11) is 0. The normalized spacial score (nSPS) is 29.4. The Bertz CT molecular complexity index is 268. The minimum atomic E-state index is -0.543. The van der Waals surface area contributed by atoms with Gasteiger partial charge in [-0.15, -0.1) is 0 Å². The van der Waals surface area contributed by atoms with Gasteiger partial charge in [-0.05, 0) is 13.0 Å². The zero-order chi connectivity index (χ0) is 12.3. The third-order valence-electron chi connectivity index (χ3n) is 3.63. The van der Waals surface area contributed by atoms with Gasteiger partial charge in [0, 0.05) is 32.2 Å². The summed E-state index contributed by atoms with van der Waals surface area (Å²) in [5.74, 6) is -0.417. The lowest BCUT2D eigenvalue weighted by atomic mass is 10.2. The van der Waals surface area contributed by atoms with Gasteiger partial charge in [0.05, 0.1) is 19.3 Å². The van der Waals surface area contributed by atoms with E-state index in [9.17, 15) is 4.79 Å². The molecule has 0 radical (unpaired) electrons. The van der Waals surface area contributed by atoms with Crippen molar-refractivity contribution in [1.82, 2.24) is 9.80 Å². The molecule has 6 nitrogen and oxygen atoms in total. The Kier molecular flexibility index (Phi) is 4.33. The first-order valence-corrected chi connectivity index (χ1v) is 6.26. The number of hydrogen-bond acceptors (Lipinski definition) is 5. The standard InChI is InChI=1S/C11H22N4O2/c12-10(11(13)16)8-14-2-1-9(7-14)15-3-5-17-6-4-15/h9-10H,1-8,12H2,(H2,13,16). The zero-order valence-electron chi connectivity index (χ0n) is 10.2. The second kappa shape index (κ2) is 5.77. The summed E-state index contributed by atoms with van der Waals surface area (Å²) in [4.78, 5) is 15.6. The molecule has 2 fully saturated rings. The van der Waals surface area contributed by atoms with Crippen LogP contribution in [0.15, 0.2) is 0 Å². The lowest BCUT2D eigenvalue weighted by Gasteiger charge is -2.32. The van der Waals surface area contributed by atoms with E-state index in [1.54, 1.807) is 0 Å². The Labute approximate surface area is 102 Å². The first-order valence-electron chi connectivity index (χ1n) is 6.26. The molecule has 1 amide bonds. The van der Waals surface area contributed by atoms with E-state index in [-0.39, 0.29) is 0 Å². The van der Waals surface area contributed by atoms with Crippen LogP contribution in [0.5, 0.6) is 0 Å². The number of rotatable bonds is 4. The van der Waals surface area contributed by atoms with Crippen LogP contribution < -0.4 is 11.5 Å². The maximum Gasteiger partial charge on any atom is 0.235 e. The van der Waals surface area contributed by atoms with Crippen LogP contribution in [0.1, 0.15) is 6.42 Å². The number of carbonyl (C=O) groups is 1. The van der Waals surface area contributed by atoms with E-state index >= 15 is 0 Å². The Morgan fingerprint density at radius 2 is 2.06 bits per heavy atom. The summed E-state index contributed by atoms with van der Waals surface area (Å²) in [6.07, 6.45) is 1.14. The van der Waals surface area contributed by atoms with Crippen molar-refractivity contribution in [1.29, 1.82) is 0 Å². The molecule has 0 aliphatic carbocycles. The van der Waals surface area contributed by atoms with Crippen LogP contribution in [0.2, 0.25) is 0 Å². The van der Waals surface area contributed by atoms with Crippen molar-refractivity contribution >= 4 is 5.91 Å². The minimum Gasteiger partial charge on any atom is -0.379 e. The second-order valence-corrected chi connectivity index (χ2v) is 4.86. The highest BCUT2D eigenvalue weighted by atomic mass is 16.5. The maximum absolute atomic E-state index is 10.9. The monoisotopic (exact) mass is 242 g/mol. The van der Waals surface area contributed by atoms with Gasteiger partial charge in [-0.1, -0.05) is 0 Å². The number of morpholine rings is 1. The van der Waals surface area contributed by atoms with Crippen LogP contribution in [0, 0.1) is 0 Å². The maximum atomic E-state index is 10.9. The third kappa shape index (κ3) is 3.38. The highest BCUT2D eigenvalue weighted by molar-refractivity contribution is 5.79. The van der Waals surface area contributed by atoms with Crippen molar-refractivity contribution in [2.45, 2.75) is 18.5 Å². The molecule has 0 aromatic heterocycles. The van der Waals surface area contributed by atoms with E-state index in [1.807, 2.05) is 0 Å². The number of ether oxygens (including phenoxy) is 1. The first kappa shape index (κ1) is 12.8. The van der Waals surface area contributed by atoms with E-state index in [2.05, 4.69) is 9.80 Å².